The van der Waals surface area contributed by atoms with Gasteiger partial charge >= 0.3 is 0 Å². The van der Waals surface area contributed by atoms with Crippen LogP contribution in [0, 0.1) is 5.82 Å². The smallest absolute Gasteiger partial charge is 0.228 e. The fourth-order valence-corrected chi connectivity index (χ4v) is 2.06. The maximum absolute atomic E-state index is 13.4. The lowest BCUT2D eigenvalue weighted by atomic mass is 10.1. The van der Waals surface area contributed by atoms with Crippen LogP contribution in [-0.2, 0) is 17.6 Å². The van der Waals surface area contributed by atoms with Crippen molar-refractivity contribution in [2.75, 3.05) is 5.32 Å². The molecule has 0 aliphatic heterocycles. The van der Waals surface area contributed by atoms with Gasteiger partial charge in [0, 0.05) is 5.69 Å². The monoisotopic (exact) mass is 271 g/mol. The second kappa shape index (κ2) is 6.85. The highest BCUT2D eigenvalue weighted by atomic mass is 19.1. The molecule has 0 aromatic heterocycles. The summed E-state index contributed by atoms with van der Waals surface area (Å²) in [5, 5.41) is 2.78. The van der Waals surface area contributed by atoms with Gasteiger partial charge < -0.3 is 5.32 Å². The maximum atomic E-state index is 13.4. The van der Waals surface area contributed by atoms with Crippen molar-refractivity contribution in [1.82, 2.24) is 0 Å². The molecule has 0 radical (unpaired) electrons. The Hall–Kier alpha value is -2.16. The van der Waals surface area contributed by atoms with Crippen LogP contribution in [0.5, 0.6) is 0 Å². The van der Waals surface area contributed by atoms with Crippen LogP contribution in [0.4, 0.5) is 10.1 Å². The Bertz CT molecular complexity index is 578. The number of hydrogen-bond acceptors (Lipinski definition) is 1. The molecule has 1 N–H and O–H groups in total. The molecular formula is C17H18FNO. The standard InChI is InChI=1S/C17H18FNO/c1-2-5-13-8-10-15(11-9-13)19-17(20)12-14-6-3-4-7-16(14)18/h3-4,6-11H,2,5,12H2,1H3,(H,19,20). The molecule has 3 heteroatoms. The number of hydrogen-bond donors (Lipinski definition) is 1. The summed E-state index contributed by atoms with van der Waals surface area (Å²) < 4.78 is 13.4. The van der Waals surface area contributed by atoms with E-state index in [1.807, 2.05) is 24.3 Å². The zero-order chi connectivity index (χ0) is 14.4. The Kier molecular flexibility index (Phi) is 4.88. The molecule has 0 saturated carbocycles. The zero-order valence-corrected chi connectivity index (χ0v) is 11.5. The van der Waals surface area contributed by atoms with E-state index < -0.39 is 0 Å². The molecule has 0 atom stereocenters. The van der Waals surface area contributed by atoms with Gasteiger partial charge in [-0.05, 0) is 35.7 Å². The fraction of sp³-hybridized carbons (Fsp3) is 0.235. The Balaban J connectivity index is 1.96. The molecule has 20 heavy (non-hydrogen) atoms. The van der Waals surface area contributed by atoms with Crippen LogP contribution in [0.3, 0.4) is 0 Å². The van der Waals surface area contributed by atoms with Crippen molar-refractivity contribution >= 4 is 11.6 Å². The molecule has 0 unspecified atom stereocenters. The van der Waals surface area contributed by atoms with Crippen LogP contribution >= 0.6 is 0 Å². The van der Waals surface area contributed by atoms with E-state index in [1.54, 1.807) is 18.2 Å². The molecule has 0 heterocycles. The zero-order valence-electron chi connectivity index (χ0n) is 11.5. The summed E-state index contributed by atoms with van der Waals surface area (Å²) in [7, 11) is 0. The van der Waals surface area contributed by atoms with E-state index in [2.05, 4.69) is 12.2 Å². The average Bonchev–Trinajstić information content (AvgIpc) is 2.44. The third kappa shape index (κ3) is 3.92. The molecule has 1 amide bonds. The minimum atomic E-state index is -0.346. The molecule has 0 saturated heterocycles. The number of rotatable bonds is 5. The van der Waals surface area contributed by atoms with Gasteiger partial charge in [0.15, 0.2) is 0 Å². The molecule has 104 valence electrons. The van der Waals surface area contributed by atoms with Crippen LogP contribution in [0.1, 0.15) is 24.5 Å². The van der Waals surface area contributed by atoms with Crippen molar-refractivity contribution in [3.05, 3.63) is 65.5 Å². The molecular weight excluding hydrogens is 253 g/mol. The van der Waals surface area contributed by atoms with E-state index in [1.165, 1.54) is 11.6 Å². The van der Waals surface area contributed by atoms with E-state index in [0.29, 0.717) is 5.56 Å². The second-order valence-corrected chi connectivity index (χ2v) is 4.76. The Morgan fingerprint density at radius 3 is 2.45 bits per heavy atom. The lowest BCUT2D eigenvalue weighted by Gasteiger charge is -2.07. The highest BCUT2D eigenvalue weighted by molar-refractivity contribution is 5.92. The van der Waals surface area contributed by atoms with E-state index in [-0.39, 0.29) is 18.1 Å². The summed E-state index contributed by atoms with van der Waals surface area (Å²) >= 11 is 0. The quantitative estimate of drug-likeness (QED) is 0.876. The minimum absolute atomic E-state index is 0.0450. The lowest BCUT2D eigenvalue weighted by Crippen LogP contribution is -2.15. The Labute approximate surface area is 118 Å². The molecule has 2 nitrogen and oxygen atoms in total. The number of anilines is 1. The topological polar surface area (TPSA) is 29.1 Å². The highest BCUT2D eigenvalue weighted by Gasteiger charge is 2.07. The molecule has 0 aliphatic rings. The van der Waals surface area contributed by atoms with Gasteiger partial charge in [-0.25, -0.2) is 4.39 Å². The van der Waals surface area contributed by atoms with Gasteiger partial charge in [-0.15, -0.1) is 0 Å². The van der Waals surface area contributed by atoms with Crippen LogP contribution in [0.2, 0.25) is 0 Å². The first-order chi connectivity index (χ1) is 9.69. The van der Waals surface area contributed by atoms with Gasteiger partial charge in [0.05, 0.1) is 6.42 Å². The first kappa shape index (κ1) is 14.3. The first-order valence-electron chi connectivity index (χ1n) is 6.81. The van der Waals surface area contributed by atoms with E-state index >= 15 is 0 Å². The van der Waals surface area contributed by atoms with E-state index in [4.69, 9.17) is 0 Å². The van der Waals surface area contributed by atoms with Crippen molar-refractivity contribution in [3.63, 3.8) is 0 Å². The van der Waals surface area contributed by atoms with Gasteiger partial charge in [0.2, 0.25) is 5.91 Å². The predicted octanol–water partition coefficient (Wildman–Crippen LogP) is 3.96. The highest BCUT2D eigenvalue weighted by Crippen LogP contribution is 2.13. The third-order valence-electron chi connectivity index (χ3n) is 3.09. The average molecular weight is 271 g/mol. The van der Waals surface area contributed by atoms with Gasteiger partial charge in [0.25, 0.3) is 0 Å². The summed E-state index contributed by atoms with van der Waals surface area (Å²) in [4.78, 5) is 11.9. The number of nitrogens with one attached hydrogen (secondary N) is 1. The Morgan fingerprint density at radius 1 is 1.10 bits per heavy atom. The molecule has 0 fully saturated rings. The molecule has 0 spiro atoms. The number of benzene rings is 2. The number of carbonyl (C=O) groups is 1. The molecule has 2 aromatic rings. The van der Waals surface area contributed by atoms with Crippen LogP contribution in [-0.4, -0.2) is 5.91 Å². The fourth-order valence-electron chi connectivity index (χ4n) is 2.06. The van der Waals surface area contributed by atoms with Gasteiger partial charge in [0.1, 0.15) is 5.82 Å². The normalized spacial score (nSPS) is 10.3. The largest absolute Gasteiger partial charge is 0.326 e. The van der Waals surface area contributed by atoms with Crippen molar-refractivity contribution < 1.29 is 9.18 Å². The van der Waals surface area contributed by atoms with E-state index in [9.17, 15) is 9.18 Å². The number of amides is 1. The van der Waals surface area contributed by atoms with Crippen molar-refractivity contribution in [1.29, 1.82) is 0 Å². The summed E-state index contributed by atoms with van der Waals surface area (Å²) in [5.74, 6) is -0.556. The molecule has 0 bridgehead atoms. The van der Waals surface area contributed by atoms with Gasteiger partial charge in [-0.2, -0.15) is 0 Å². The molecule has 0 aliphatic carbocycles. The second-order valence-electron chi connectivity index (χ2n) is 4.76. The third-order valence-corrected chi connectivity index (χ3v) is 3.09. The SMILES string of the molecule is CCCc1ccc(NC(=O)Cc2ccccc2F)cc1. The summed E-state index contributed by atoms with van der Waals surface area (Å²) in [6.07, 6.45) is 2.17. The van der Waals surface area contributed by atoms with E-state index in [0.717, 1.165) is 18.5 Å². The van der Waals surface area contributed by atoms with Crippen molar-refractivity contribution in [2.24, 2.45) is 0 Å². The summed E-state index contributed by atoms with van der Waals surface area (Å²) in [5.41, 5.74) is 2.40. The van der Waals surface area contributed by atoms with Gasteiger partial charge in [-0.3, -0.25) is 4.79 Å². The summed E-state index contributed by atoms with van der Waals surface area (Å²) in [6, 6.07) is 14.1. The molecule has 2 aromatic carbocycles. The number of carbonyl (C=O) groups excluding carboxylic acids is 1. The van der Waals surface area contributed by atoms with Crippen molar-refractivity contribution in [2.45, 2.75) is 26.2 Å². The van der Waals surface area contributed by atoms with Crippen LogP contribution in [0.15, 0.2) is 48.5 Å². The lowest BCUT2D eigenvalue weighted by molar-refractivity contribution is -0.115. The predicted molar refractivity (Wildman–Crippen MR) is 79.2 cm³/mol. The minimum Gasteiger partial charge on any atom is -0.326 e. The first-order valence-corrected chi connectivity index (χ1v) is 6.81. The number of halogens is 1. The molecule has 2 rings (SSSR count). The van der Waals surface area contributed by atoms with Crippen molar-refractivity contribution in [3.8, 4) is 0 Å². The van der Waals surface area contributed by atoms with Gasteiger partial charge in [-0.1, -0.05) is 43.7 Å². The van der Waals surface area contributed by atoms with Crippen LogP contribution in [0.25, 0.3) is 0 Å². The summed E-state index contributed by atoms with van der Waals surface area (Å²) in [6.45, 7) is 2.13. The maximum Gasteiger partial charge on any atom is 0.228 e. The number of aryl methyl sites for hydroxylation is 1. The van der Waals surface area contributed by atoms with Crippen LogP contribution < -0.4 is 5.32 Å². The Morgan fingerprint density at radius 2 is 1.80 bits per heavy atom.